The average molecular weight is 260 g/mol. The van der Waals surface area contributed by atoms with Gasteiger partial charge >= 0.3 is 11.9 Å². The highest BCUT2D eigenvalue weighted by atomic mass is 16.5. The normalized spacial score (nSPS) is 10.2. The number of carbonyl (C=O) groups is 2. The summed E-state index contributed by atoms with van der Waals surface area (Å²) in [6.45, 7) is 0. The van der Waals surface area contributed by atoms with Gasteiger partial charge in [0.1, 0.15) is 5.75 Å². The molecule has 0 aliphatic heterocycles. The van der Waals surface area contributed by atoms with Gasteiger partial charge in [-0.3, -0.25) is 0 Å². The van der Waals surface area contributed by atoms with Crippen LogP contribution >= 0.6 is 0 Å². The van der Waals surface area contributed by atoms with E-state index in [1.807, 2.05) is 0 Å². The van der Waals surface area contributed by atoms with Crippen LogP contribution in [-0.4, -0.2) is 31.3 Å². The van der Waals surface area contributed by atoms with Crippen molar-refractivity contribution in [2.45, 2.75) is 0 Å². The zero-order valence-corrected chi connectivity index (χ0v) is 10.5. The van der Waals surface area contributed by atoms with Gasteiger partial charge in [-0.05, 0) is 23.6 Å². The second-order valence-electron chi connectivity index (χ2n) is 3.88. The minimum absolute atomic E-state index is 0.000307. The lowest BCUT2D eigenvalue weighted by Crippen LogP contribution is -2.12. The Morgan fingerprint density at radius 1 is 1.00 bits per heavy atom. The molecule has 0 heterocycles. The number of esters is 2. The van der Waals surface area contributed by atoms with E-state index in [2.05, 4.69) is 4.74 Å². The first-order chi connectivity index (χ1) is 9.08. The summed E-state index contributed by atoms with van der Waals surface area (Å²) in [5, 5.41) is 10.7. The van der Waals surface area contributed by atoms with Crippen molar-refractivity contribution in [1.82, 2.24) is 0 Å². The molecule has 19 heavy (non-hydrogen) atoms. The van der Waals surface area contributed by atoms with Gasteiger partial charge in [-0.25, -0.2) is 9.59 Å². The first kappa shape index (κ1) is 12.9. The van der Waals surface area contributed by atoms with Crippen LogP contribution < -0.4 is 0 Å². The number of rotatable bonds is 2. The Balaban J connectivity index is 2.83. The molecule has 0 bridgehead atoms. The minimum Gasteiger partial charge on any atom is -0.508 e. The maximum atomic E-state index is 11.9. The average Bonchev–Trinajstić information content (AvgIpc) is 2.44. The van der Waals surface area contributed by atoms with Gasteiger partial charge in [0.25, 0.3) is 0 Å². The molecule has 0 fully saturated rings. The predicted octanol–water partition coefficient (Wildman–Crippen LogP) is 2.12. The van der Waals surface area contributed by atoms with E-state index in [1.165, 1.54) is 32.4 Å². The molecule has 0 spiro atoms. The molecule has 0 saturated heterocycles. The molecule has 2 aromatic carbocycles. The summed E-state index contributed by atoms with van der Waals surface area (Å²) < 4.78 is 9.33. The first-order valence-corrected chi connectivity index (χ1v) is 5.51. The summed E-state index contributed by atoms with van der Waals surface area (Å²) in [5.41, 5.74) is 0.190. The monoisotopic (exact) mass is 260 g/mol. The minimum atomic E-state index is -0.656. The molecule has 0 aliphatic carbocycles. The molecule has 5 nitrogen and oxygen atoms in total. The number of hydrogen-bond acceptors (Lipinski definition) is 5. The van der Waals surface area contributed by atoms with E-state index in [0.717, 1.165) is 0 Å². The maximum Gasteiger partial charge on any atom is 0.339 e. The van der Waals surface area contributed by atoms with Crippen molar-refractivity contribution in [1.29, 1.82) is 0 Å². The Bertz CT molecular complexity index is 660. The Hall–Kier alpha value is -2.56. The highest BCUT2D eigenvalue weighted by Crippen LogP contribution is 2.27. The fourth-order valence-electron chi connectivity index (χ4n) is 1.91. The molecule has 0 unspecified atom stereocenters. The number of benzene rings is 2. The van der Waals surface area contributed by atoms with E-state index in [-0.39, 0.29) is 16.9 Å². The van der Waals surface area contributed by atoms with Crippen LogP contribution in [0.25, 0.3) is 10.8 Å². The van der Waals surface area contributed by atoms with Crippen LogP contribution in [0.3, 0.4) is 0 Å². The quantitative estimate of drug-likeness (QED) is 0.837. The smallest absolute Gasteiger partial charge is 0.339 e. The summed E-state index contributed by atoms with van der Waals surface area (Å²) in [7, 11) is 2.46. The highest BCUT2D eigenvalue weighted by molar-refractivity contribution is 6.12. The van der Waals surface area contributed by atoms with Crippen molar-refractivity contribution >= 4 is 22.7 Å². The van der Waals surface area contributed by atoms with Crippen molar-refractivity contribution in [2.24, 2.45) is 0 Å². The largest absolute Gasteiger partial charge is 0.508 e. The molecule has 5 heteroatoms. The van der Waals surface area contributed by atoms with E-state index in [1.54, 1.807) is 12.1 Å². The van der Waals surface area contributed by atoms with Crippen LogP contribution in [0, 0.1) is 0 Å². The second kappa shape index (κ2) is 4.97. The van der Waals surface area contributed by atoms with E-state index in [0.29, 0.717) is 10.8 Å². The SMILES string of the molecule is COC(=O)c1ccc2ccc(O)cc2c1C(=O)OC. The summed E-state index contributed by atoms with van der Waals surface area (Å²) >= 11 is 0. The Morgan fingerprint density at radius 3 is 2.26 bits per heavy atom. The molecular weight excluding hydrogens is 248 g/mol. The van der Waals surface area contributed by atoms with Crippen LogP contribution in [-0.2, 0) is 9.47 Å². The number of methoxy groups -OCH3 is 2. The highest BCUT2D eigenvalue weighted by Gasteiger charge is 2.21. The van der Waals surface area contributed by atoms with Crippen LogP contribution in [0.4, 0.5) is 0 Å². The molecule has 1 N–H and O–H groups in total. The maximum absolute atomic E-state index is 11.9. The molecule has 0 amide bonds. The van der Waals surface area contributed by atoms with Crippen LogP contribution in [0.5, 0.6) is 5.75 Å². The summed E-state index contributed by atoms with van der Waals surface area (Å²) in [5.74, 6) is -1.29. The summed E-state index contributed by atoms with van der Waals surface area (Å²) in [6.07, 6.45) is 0. The van der Waals surface area contributed by atoms with E-state index >= 15 is 0 Å². The van der Waals surface area contributed by atoms with Crippen molar-refractivity contribution in [3.8, 4) is 5.75 Å². The van der Waals surface area contributed by atoms with Crippen LogP contribution in [0.15, 0.2) is 30.3 Å². The van der Waals surface area contributed by atoms with Gasteiger partial charge < -0.3 is 14.6 Å². The molecule has 0 saturated carbocycles. The third-order valence-electron chi connectivity index (χ3n) is 2.80. The summed E-state index contributed by atoms with van der Waals surface area (Å²) in [4.78, 5) is 23.6. The van der Waals surface area contributed by atoms with E-state index in [9.17, 15) is 14.7 Å². The Morgan fingerprint density at radius 2 is 1.63 bits per heavy atom. The number of phenolic OH excluding ortho intramolecular Hbond substituents is 1. The Kier molecular flexibility index (Phi) is 3.37. The molecule has 0 aromatic heterocycles. The van der Waals surface area contributed by atoms with Gasteiger partial charge in [0, 0.05) is 5.39 Å². The van der Waals surface area contributed by atoms with E-state index < -0.39 is 11.9 Å². The van der Waals surface area contributed by atoms with Gasteiger partial charge in [0.2, 0.25) is 0 Å². The van der Waals surface area contributed by atoms with Crippen LogP contribution in [0.1, 0.15) is 20.7 Å². The van der Waals surface area contributed by atoms with Crippen molar-refractivity contribution < 1.29 is 24.2 Å². The van der Waals surface area contributed by atoms with Gasteiger partial charge in [-0.15, -0.1) is 0 Å². The fraction of sp³-hybridized carbons (Fsp3) is 0.143. The number of hydrogen-bond donors (Lipinski definition) is 1. The van der Waals surface area contributed by atoms with Crippen molar-refractivity contribution in [3.05, 3.63) is 41.5 Å². The number of phenols is 1. The third-order valence-corrected chi connectivity index (χ3v) is 2.80. The van der Waals surface area contributed by atoms with Crippen molar-refractivity contribution in [2.75, 3.05) is 14.2 Å². The molecule has 98 valence electrons. The summed E-state index contributed by atoms with van der Waals surface area (Å²) in [6, 6.07) is 7.73. The van der Waals surface area contributed by atoms with Gasteiger partial charge in [0.05, 0.1) is 25.3 Å². The molecular formula is C14H12O5. The molecule has 0 radical (unpaired) electrons. The zero-order chi connectivity index (χ0) is 14.0. The topological polar surface area (TPSA) is 72.8 Å². The van der Waals surface area contributed by atoms with Crippen LogP contribution in [0.2, 0.25) is 0 Å². The first-order valence-electron chi connectivity index (χ1n) is 5.51. The standard InChI is InChI=1S/C14H12O5/c1-18-13(16)10-6-4-8-3-5-9(15)7-11(8)12(10)14(17)19-2/h3-7,15H,1-2H3. The molecule has 0 aliphatic rings. The molecule has 0 atom stereocenters. The lowest BCUT2D eigenvalue weighted by atomic mass is 9.98. The second-order valence-corrected chi connectivity index (χ2v) is 3.88. The predicted molar refractivity (Wildman–Crippen MR) is 68.3 cm³/mol. The fourth-order valence-corrected chi connectivity index (χ4v) is 1.91. The molecule has 2 rings (SSSR count). The van der Waals surface area contributed by atoms with Gasteiger partial charge in [-0.1, -0.05) is 12.1 Å². The van der Waals surface area contributed by atoms with Crippen molar-refractivity contribution in [3.63, 3.8) is 0 Å². The number of fused-ring (bicyclic) bond motifs is 1. The number of ether oxygens (including phenoxy) is 2. The zero-order valence-electron chi connectivity index (χ0n) is 10.5. The lowest BCUT2D eigenvalue weighted by molar-refractivity contribution is 0.0557. The molecule has 2 aromatic rings. The van der Waals surface area contributed by atoms with E-state index in [4.69, 9.17) is 4.74 Å². The lowest BCUT2D eigenvalue weighted by Gasteiger charge is -2.10. The third kappa shape index (κ3) is 2.22. The number of carbonyl (C=O) groups excluding carboxylic acids is 2. The Labute approximate surface area is 109 Å². The number of aromatic hydroxyl groups is 1. The van der Waals surface area contributed by atoms with Gasteiger partial charge in [-0.2, -0.15) is 0 Å². The van der Waals surface area contributed by atoms with Gasteiger partial charge in [0.15, 0.2) is 0 Å².